The minimum Gasteiger partial charge on any atom is -0.497 e. The lowest BCUT2D eigenvalue weighted by Gasteiger charge is -2.02. The summed E-state index contributed by atoms with van der Waals surface area (Å²) in [5.74, 6) is 0.824. The topological polar surface area (TPSA) is 9.23 Å². The van der Waals surface area contributed by atoms with Crippen LogP contribution in [0, 0.1) is 0 Å². The lowest BCUT2D eigenvalue weighted by atomic mass is 10.1. The maximum Gasteiger partial charge on any atom is 0.118 e. The smallest absolute Gasteiger partial charge is 0.118 e. The van der Waals surface area contributed by atoms with E-state index in [1.165, 1.54) is 0 Å². The summed E-state index contributed by atoms with van der Waals surface area (Å²) in [4.78, 5) is 0. The molecule has 1 nitrogen and oxygen atoms in total. The Hall–Kier alpha value is -1.15. The Balaban J connectivity index is 2.24. The van der Waals surface area contributed by atoms with Crippen LogP contribution in [0.4, 0.5) is 0 Å². The highest BCUT2D eigenvalue weighted by Gasteiger charge is 2.03. The zero-order valence-corrected chi connectivity index (χ0v) is 12.4. The molecule has 0 unspecified atom stereocenters. The third-order valence-electron chi connectivity index (χ3n) is 2.61. The van der Waals surface area contributed by atoms with Crippen LogP contribution in [0.15, 0.2) is 36.4 Å². The van der Waals surface area contributed by atoms with Gasteiger partial charge in [-0.15, -0.1) is 0 Å². The maximum absolute atomic E-state index is 6.10. The van der Waals surface area contributed by atoms with Crippen molar-refractivity contribution in [2.75, 3.05) is 7.11 Å². The fraction of sp³-hybridized carbons (Fsp3) is 0.0667. The molecule has 2 aromatic carbocycles. The molecule has 0 bridgehead atoms. The van der Waals surface area contributed by atoms with E-state index < -0.39 is 0 Å². The van der Waals surface area contributed by atoms with Crippen molar-refractivity contribution in [1.29, 1.82) is 0 Å². The Morgan fingerprint density at radius 3 is 2.11 bits per heavy atom. The molecule has 0 radical (unpaired) electrons. The van der Waals surface area contributed by atoms with Crippen molar-refractivity contribution in [3.05, 3.63) is 62.6 Å². The highest BCUT2D eigenvalue weighted by Crippen LogP contribution is 2.30. The molecule has 0 heterocycles. The van der Waals surface area contributed by atoms with Gasteiger partial charge < -0.3 is 4.74 Å². The Kier molecular flexibility index (Phi) is 4.76. The number of methoxy groups -OCH3 is 1. The lowest BCUT2D eigenvalue weighted by molar-refractivity contribution is 0.415. The molecule has 0 amide bonds. The Morgan fingerprint density at radius 1 is 0.842 bits per heavy atom. The minimum atomic E-state index is 0.452. The first-order valence-electron chi connectivity index (χ1n) is 5.57. The van der Waals surface area contributed by atoms with E-state index in [1.54, 1.807) is 19.2 Å². The molecule has 0 aliphatic rings. The van der Waals surface area contributed by atoms with Gasteiger partial charge in [0.15, 0.2) is 0 Å². The molecule has 98 valence electrons. The largest absolute Gasteiger partial charge is 0.497 e. The molecule has 4 heteroatoms. The highest BCUT2D eigenvalue weighted by molar-refractivity contribution is 6.43. The SMILES string of the molecule is COc1ccc(/C=C/c2cc(Cl)c(Cl)cc2Cl)cc1. The van der Waals surface area contributed by atoms with Crippen LogP contribution in [0.5, 0.6) is 5.75 Å². The zero-order valence-electron chi connectivity index (χ0n) is 10.2. The van der Waals surface area contributed by atoms with Gasteiger partial charge >= 0.3 is 0 Å². The van der Waals surface area contributed by atoms with Gasteiger partial charge in [-0.3, -0.25) is 0 Å². The second kappa shape index (κ2) is 6.33. The lowest BCUT2D eigenvalue weighted by Crippen LogP contribution is -1.81. The standard InChI is InChI=1S/C15H11Cl3O/c1-19-12-6-3-10(4-7-12)2-5-11-8-14(17)15(18)9-13(11)16/h2-9H,1H3/b5-2+. The number of halogens is 3. The highest BCUT2D eigenvalue weighted by atomic mass is 35.5. The number of benzene rings is 2. The van der Waals surface area contributed by atoms with Crippen LogP contribution in [0.1, 0.15) is 11.1 Å². The van der Waals surface area contributed by atoms with Gasteiger partial charge in [-0.2, -0.15) is 0 Å². The van der Waals surface area contributed by atoms with E-state index in [4.69, 9.17) is 39.5 Å². The summed E-state index contributed by atoms with van der Waals surface area (Å²) in [5.41, 5.74) is 1.87. The van der Waals surface area contributed by atoms with E-state index in [0.717, 1.165) is 16.9 Å². The molecular weight excluding hydrogens is 303 g/mol. The molecule has 0 aliphatic heterocycles. The van der Waals surface area contributed by atoms with Gasteiger partial charge in [0.05, 0.1) is 17.2 Å². The molecule has 0 saturated carbocycles. The van der Waals surface area contributed by atoms with E-state index in [0.29, 0.717) is 15.1 Å². The summed E-state index contributed by atoms with van der Waals surface area (Å²) in [6.45, 7) is 0. The van der Waals surface area contributed by atoms with Gasteiger partial charge in [0.2, 0.25) is 0 Å². The van der Waals surface area contributed by atoms with Crippen LogP contribution in [-0.2, 0) is 0 Å². The molecule has 0 saturated heterocycles. The Labute approximate surface area is 127 Å². The fourth-order valence-corrected chi connectivity index (χ4v) is 2.18. The van der Waals surface area contributed by atoms with Crippen LogP contribution in [-0.4, -0.2) is 7.11 Å². The zero-order chi connectivity index (χ0) is 13.8. The Bertz CT molecular complexity index is 604. The molecule has 0 aromatic heterocycles. The average Bonchev–Trinajstić information content (AvgIpc) is 2.42. The quantitative estimate of drug-likeness (QED) is 0.512. The number of ether oxygens (including phenoxy) is 1. The van der Waals surface area contributed by atoms with E-state index in [2.05, 4.69) is 0 Å². The molecule has 2 rings (SSSR count). The summed E-state index contributed by atoms with van der Waals surface area (Å²) in [5, 5.41) is 1.51. The van der Waals surface area contributed by atoms with Crippen LogP contribution < -0.4 is 4.74 Å². The van der Waals surface area contributed by atoms with Crippen LogP contribution >= 0.6 is 34.8 Å². The minimum absolute atomic E-state index is 0.452. The van der Waals surface area contributed by atoms with Crippen LogP contribution in [0.25, 0.3) is 12.2 Å². The summed E-state index contributed by atoms with van der Waals surface area (Å²) in [6, 6.07) is 11.1. The van der Waals surface area contributed by atoms with Gasteiger partial charge in [0, 0.05) is 5.02 Å². The molecule has 0 N–H and O–H groups in total. The third-order valence-corrected chi connectivity index (χ3v) is 3.66. The maximum atomic E-state index is 6.10. The molecule has 0 aliphatic carbocycles. The van der Waals surface area contributed by atoms with Gasteiger partial charge in [-0.05, 0) is 35.4 Å². The van der Waals surface area contributed by atoms with Crippen molar-refractivity contribution in [1.82, 2.24) is 0 Å². The molecule has 2 aromatic rings. The van der Waals surface area contributed by atoms with Crippen molar-refractivity contribution in [3.63, 3.8) is 0 Å². The van der Waals surface area contributed by atoms with Gasteiger partial charge in [0.25, 0.3) is 0 Å². The van der Waals surface area contributed by atoms with E-state index in [9.17, 15) is 0 Å². The number of hydrogen-bond acceptors (Lipinski definition) is 1. The number of hydrogen-bond donors (Lipinski definition) is 0. The van der Waals surface area contributed by atoms with E-state index in [1.807, 2.05) is 36.4 Å². The average molecular weight is 314 g/mol. The van der Waals surface area contributed by atoms with Crippen molar-refractivity contribution >= 4 is 47.0 Å². The van der Waals surface area contributed by atoms with Crippen molar-refractivity contribution in [3.8, 4) is 5.75 Å². The second-order valence-corrected chi connectivity index (χ2v) is 5.12. The molecular formula is C15H11Cl3O. The molecule has 0 spiro atoms. The number of rotatable bonds is 3. The fourth-order valence-electron chi connectivity index (χ4n) is 1.57. The van der Waals surface area contributed by atoms with Gasteiger partial charge in [0.1, 0.15) is 5.75 Å². The van der Waals surface area contributed by atoms with Gasteiger partial charge in [-0.1, -0.05) is 59.1 Å². The monoisotopic (exact) mass is 312 g/mol. The Morgan fingerprint density at radius 2 is 1.47 bits per heavy atom. The van der Waals surface area contributed by atoms with Crippen molar-refractivity contribution in [2.24, 2.45) is 0 Å². The first-order valence-corrected chi connectivity index (χ1v) is 6.70. The van der Waals surface area contributed by atoms with Crippen molar-refractivity contribution in [2.45, 2.75) is 0 Å². The first kappa shape index (κ1) is 14.3. The first-order chi connectivity index (χ1) is 9.10. The van der Waals surface area contributed by atoms with Crippen molar-refractivity contribution < 1.29 is 4.74 Å². The molecule has 0 atom stereocenters. The summed E-state index contributed by atoms with van der Waals surface area (Å²) >= 11 is 17.9. The van der Waals surface area contributed by atoms with Crippen LogP contribution in [0.2, 0.25) is 15.1 Å². The van der Waals surface area contributed by atoms with E-state index in [-0.39, 0.29) is 0 Å². The van der Waals surface area contributed by atoms with Gasteiger partial charge in [-0.25, -0.2) is 0 Å². The predicted octanol–water partition coefficient (Wildman–Crippen LogP) is 5.83. The third kappa shape index (κ3) is 3.66. The molecule has 0 fully saturated rings. The summed E-state index contributed by atoms with van der Waals surface area (Å²) in [7, 11) is 1.64. The molecule has 19 heavy (non-hydrogen) atoms. The predicted molar refractivity (Wildman–Crippen MR) is 83.4 cm³/mol. The summed E-state index contributed by atoms with van der Waals surface area (Å²) in [6.07, 6.45) is 3.84. The van der Waals surface area contributed by atoms with Crippen LogP contribution in [0.3, 0.4) is 0 Å². The second-order valence-electron chi connectivity index (χ2n) is 3.89. The summed E-state index contributed by atoms with van der Waals surface area (Å²) < 4.78 is 5.10. The van der Waals surface area contributed by atoms with E-state index >= 15 is 0 Å². The normalized spacial score (nSPS) is 10.9.